The van der Waals surface area contributed by atoms with Crippen molar-refractivity contribution < 1.29 is 28.5 Å². The highest BCUT2D eigenvalue weighted by atomic mass is 16.8. The molecule has 0 bridgehead atoms. The van der Waals surface area contributed by atoms with Crippen molar-refractivity contribution in [3.05, 3.63) is 0 Å². The third kappa shape index (κ3) is 2.65. The van der Waals surface area contributed by atoms with Crippen LogP contribution in [0.25, 0.3) is 0 Å². The van der Waals surface area contributed by atoms with E-state index in [1.54, 1.807) is 13.8 Å². The van der Waals surface area contributed by atoms with Gasteiger partial charge in [-0.3, -0.25) is 9.59 Å². The van der Waals surface area contributed by atoms with Gasteiger partial charge >= 0.3 is 5.97 Å². The zero-order valence-corrected chi connectivity index (χ0v) is 10.1. The van der Waals surface area contributed by atoms with Crippen LogP contribution in [0.15, 0.2) is 0 Å². The molecule has 2 rings (SSSR count). The van der Waals surface area contributed by atoms with Crippen LogP contribution >= 0.6 is 0 Å². The number of ketones is 1. The molecule has 2 fully saturated rings. The van der Waals surface area contributed by atoms with E-state index in [9.17, 15) is 9.59 Å². The van der Waals surface area contributed by atoms with Crippen LogP contribution in [0.3, 0.4) is 0 Å². The lowest BCUT2D eigenvalue weighted by molar-refractivity contribution is -0.205. The molecule has 2 aliphatic heterocycles. The van der Waals surface area contributed by atoms with Crippen LogP contribution in [0.5, 0.6) is 0 Å². The highest BCUT2D eigenvalue weighted by Crippen LogP contribution is 2.35. The van der Waals surface area contributed by atoms with Crippen molar-refractivity contribution in [2.24, 2.45) is 0 Å². The maximum absolute atomic E-state index is 11.9. The van der Waals surface area contributed by atoms with Gasteiger partial charge in [-0.2, -0.15) is 0 Å². The zero-order chi connectivity index (χ0) is 12.6. The zero-order valence-electron chi connectivity index (χ0n) is 10.1. The first-order valence-corrected chi connectivity index (χ1v) is 5.57. The number of esters is 1. The highest BCUT2D eigenvalue weighted by Gasteiger charge is 2.54. The van der Waals surface area contributed by atoms with Gasteiger partial charge in [0.05, 0.1) is 6.61 Å². The van der Waals surface area contributed by atoms with Crippen LogP contribution < -0.4 is 0 Å². The fourth-order valence-corrected chi connectivity index (χ4v) is 1.95. The minimum Gasteiger partial charge on any atom is -0.466 e. The van der Waals surface area contributed by atoms with E-state index in [-0.39, 0.29) is 18.4 Å². The third-order valence-electron chi connectivity index (χ3n) is 2.64. The molecule has 17 heavy (non-hydrogen) atoms. The normalized spacial score (nSPS) is 34.8. The molecule has 0 amide bonds. The van der Waals surface area contributed by atoms with Crippen molar-refractivity contribution in [2.45, 2.75) is 51.5 Å². The van der Waals surface area contributed by atoms with Gasteiger partial charge in [0, 0.05) is 13.3 Å². The first-order chi connectivity index (χ1) is 7.89. The van der Waals surface area contributed by atoms with Gasteiger partial charge in [-0.05, 0) is 13.8 Å². The molecule has 0 N–H and O–H groups in total. The number of carbonyl (C=O) groups is 2. The highest BCUT2D eigenvalue weighted by molar-refractivity contribution is 5.89. The molecule has 3 atom stereocenters. The molecule has 3 unspecified atom stereocenters. The number of fused-ring (bicyclic) bond motifs is 1. The van der Waals surface area contributed by atoms with Crippen LogP contribution in [0.2, 0.25) is 0 Å². The number of Topliss-reactive ketones (excluding diaryl/α,β-unsaturated/α-hetero) is 1. The molecule has 0 aliphatic carbocycles. The van der Waals surface area contributed by atoms with E-state index < -0.39 is 24.3 Å². The van der Waals surface area contributed by atoms with Crippen molar-refractivity contribution in [3.63, 3.8) is 0 Å². The minimum atomic E-state index is -0.786. The Morgan fingerprint density at radius 2 is 2.12 bits per heavy atom. The standard InChI is InChI=1S/C11H16O6/c1-6(12)14-5-4-7-8(13)9-10(15-7)17-11(2,3)16-9/h7,9-10H,4-5H2,1-3H3. The summed E-state index contributed by atoms with van der Waals surface area (Å²) in [6, 6.07) is 0. The van der Waals surface area contributed by atoms with E-state index in [1.807, 2.05) is 0 Å². The summed E-state index contributed by atoms with van der Waals surface area (Å²) < 4.78 is 21.1. The van der Waals surface area contributed by atoms with Gasteiger partial charge in [0.2, 0.25) is 0 Å². The topological polar surface area (TPSA) is 71.1 Å². The summed E-state index contributed by atoms with van der Waals surface area (Å²) in [5.74, 6) is -1.30. The van der Waals surface area contributed by atoms with E-state index in [2.05, 4.69) is 0 Å². The van der Waals surface area contributed by atoms with Crippen molar-refractivity contribution in [1.29, 1.82) is 0 Å². The van der Waals surface area contributed by atoms with E-state index in [0.717, 1.165) is 0 Å². The molecule has 2 heterocycles. The summed E-state index contributed by atoms with van der Waals surface area (Å²) >= 11 is 0. The molecule has 0 aromatic carbocycles. The lowest BCUT2D eigenvalue weighted by atomic mass is 10.1. The van der Waals surface area contributed by atoms with Crippen molar-refractivity contribution >= 4 is 11.8 Å². The SMILES string of the molecule is CC(=O)OCCC1OC2OC(C)(C)OC2C1=O. The molecule has 0 aromatic rings. The van der Waals surface area contributed by atoms with E-state index >= 15 is 0 Å². The first-order valence-electron chi connectivity index (χ1n) is 5.57. The molecule has 0 spiro atoms. The van der Waals surface area contributed by atoms with Gasteiger partial charge < -0.3 is 18.9 Å². The van der Waals surface area contributed by atoms with Gasteiger partial charge in [-0.25, -0.2) is 0 Å². The maximum Gasteiger partial charge on any atom is 0.302 e. The largest absolute Gasteiger partial charge is 0.466 e. The Labute approximate surface area is 99.2 Å². The Bertz CT molecular complexity index is 337. The summed E-state index contributed by atoms with van der Waals surface area (Å²) in [7, 11) is 0. The summed E-state index contributed by atoms with van der Waals surface area (Å²) in [5.41, 5.74) is 0. The van der Waals surface area contributed by atoms with Crippen LogP contribution in [0.4, 0.5) is 0 Å². The molecular weight excluding hydrogens is 228 g/mol. The summed E-state index contributed by atoms with van der Waals surface area (Å²) in [6.45, 7) is 4.95. The van der Waals surface area contributed by atoms with Crippen molar-refractivity contribution in [3.8, 4) is 0 Å². The van der Waals surface area contributed by atoms with E-state index in [4.69, 9.17) is 18.9 Å². The molecule has 2 aliphatic rings. The van der Waals surface area contributed by atoms with Gasteiger partial charge in [-0.15, -0.1) is 0 Å². The van der Waals surface area contributed by atoms with E-state index in [0.29, 0.717) is 6.42 Å². The Morgan fingerprint density at radius 3 is 2.71 bits per heavy atom. The quantitative estimate of drug-likeness (QED) is 0.669. The number of hydrogen-bond acceptors (Lipinski definition) is 6. The lowest BCUT2D eigenvalue weighted by Crippen LogP contribution is -2.31. The average Bonchev–Trinajstić information content (AvgIpc) is 2.62. The van der Waals surface area contributed by atoms with Gasteiger partial charge in [0.15, 0.2) is 24.0 Å². The number of ether oxygens (including phenoxy) is 4. The van der Waals surface area contributed by atoms with E-state index in [1.165, 1.54) is 6.92 Å². The molecule has 96 valence electrons. The number of carbonyl (C=O) groups excluding carboxylic acids is 2. The van der Waals surface area contributed by atoms with Gasteiger partial charge in [-0.1, -0.05) is 0 Å². The molecule has 2 saturated heterocycles. The fourth-order valence-electron chi connectivity index (χ4n) is 1.95. The van der Waals surface area contributed by atoms with Crippen LogP contribution in [-0.2, 0) is 28.5 Å². The molecule has 0 radical (unpaired) electrons. The molecular formula is C11H16O6. The summed E-state index contributed by atoms with van der Waals surface area (Å²) in [4.78, 5) is 22.5. The first kappa shape index (κ1) is 12.5. The Hall–Kier alpha value is -0.980. The van der Waals surface area contributed by atoms with Crippen molar-refractivity contribution in [1.82, 2.24) is 0 Å². The minimum absolute atomic E-state index is 0.146. The molecule has 0 aromatic heterocycles. The summed E-state index contributed by atoms with van der Waals surface area (Å²) in [5, 5.41) is 0. The monoisotopic (exact) mass is 244 g/mol. The second-order valence-corrected chi connectivity index (χ2v) is 4.58. The van der Waals surface area contributed by atoms with Crippen LogP contribution in [-0.4, -0.2) is 42.6 Å². The van der Waals surface area contributed by atoms with Crippen molar-refractivity contribution in [2.75, 3.05) is 6.61 Å². The maximum atomic E-state index is 11.9. The second kappa shape index (κ2) is 4.36. The van der Waals surface area contributed by atoms with Crippen LogP contribution in [0, 0.1) is 0 Å². The molecule has 0 saturated carbocycles. The summed E-state index contributed by atoms with van der Waals surface area (Å²) in [6.07, 6.45) is -1.58. The smallest absolute Gasteiger partial charge is 0.302 e. The Morgan fingerprint density at radius 1 is 1.41 bits per heavy atom. The number of rotatable bonds is 3. The lowest BCUT2D eigenvalue weighted by Gasteiger charge is -2.19. The molecule has 6 nitrogen and oxygen atoms in total. The number of hydrogen-bond donors (Lipinski definition) is 0. The average molecular weight is 244 g/mol. The van der Waals surface area contributed by atoms with Crippen LogP contribution in [0.1, 0.15) is 27.2 Å². The second-order valence-electron chi connectivity index (χ2n) is 4.58. The molecule has 6 heteroatoms. The Kier molecular flexibility index (Phi) is 3.20. The Balaban J connectivity index is 1.86. The van der Waals surface area contributed by atoms with Gasteiger partial charge in [0.1, 0.15) is 6.10 Å². The fraction of sp³-hybridized carbons (Fsp3) is 0.818. The predicted molar refractivity (Wildman–Crippen MR) is 55.0 cm³/mol. The van der Waals surface area contributed by atoms with Gasteiger partial charge in [0.25, 0.3) is 0 Å². The predicted octanol–water partition coefficient (Wildman–Crippen LogP) is 0.385. The third-order valence-corrected chi connectivity index (χ3v) is 2.64.